The van der Waals surface area contributed by atoms with Gasteiger partial charge in [-0.3, -0.25) is 4.90 Å². The normalized spacial score (nSPS) is 13.8. The second kappa shape index (κ2) is 9.41. The number of fused-ring (bicyclic) bond motifs is 1. The van der Waals surface area contributed by atoms with Crippen molar-refractivity contribution >= 4 is 23.1 Å². The Morgan fingerprint density at radius 3 is 2.50 bits per heavy atom. The van der Waals surface area contributed by atoms with Crippen LogP contribution >= 0.6 is 0 Å². The number of urea groups is 1. The zero-order chi connectivity index (χ0) is 25.3. The molecule has 0 bridgehead atoms. The molecule has 0 aliphatic carbocycles. The van der Waals surface area contributed by atoms with Gasteiger partial charge in [-0.15, -0.1) is 0 Å². The fraction of sp³-hybridized carbons (Fsp3) is 0.185. The van der Waals surface area contributed by atoms with E-state index in [2.05, 4.69) is 10.3 Å². The predicted molar refractivity (Wildman–Crippen MR) is 133 cm³/mol. The molecule has 1 aromatic heterocycles. The second-order valence-corrected chi connectivity index (χ2v) is 8.59. The molecule has 3 aromatic carbocycles. The summed E-state index contributed by atoms with van der Waals surface area (Å²) in [6.45, 7) is 1.19. The number of rotatable bonds is 3. The van der Waals surface area contributed by atoms with Crippen molar-refractivity contribution in [1.29, 1.82) is 0 Å². The van der Waals surface area contributed by atoms with Gasteiger partial charge in [0.1, 0.15) is 0 Å². The van der Waals surface area contributed by atoms with E-state index in [0.29, 0.717) is 34.8 Å². The first-order valence-corrected chi connectivity index (χ1v) is 11.4. The van der Waals surface area contributed by atoms with Crippen LogP contribution in [0.1, 0.15) is 12.0 Å². The lowest BCUT2D eigenvalue weighted by Gasteiger charge is -2.25. The molecule has 9 heteroatoms. The van der Waals surface area contributed by atoms with Gasteiger partial charge in [0.15, 0.2) is 12.2 Å². The lowest BCUT2D eigenvalue weighted by atomic mass is 10.0. The summed E-state index contributed by atoms with van der Waals surface area (Å²) in [6, 6.07) is 17.5. The molecular weight excluding hydrogens is 469 g/mol. The Hall–Kier alpha value is -4.27. The number of hydrogen-bond donors (Lipinski definition) is 1. The average molecular weight is 493 g/mol. The topological polar surface area (TPSA) is 61.6 Å². The summed E-state index contributed by atoms with van der Waals surface area (Å²) in [7, 11) is 1.94. The monoisotopic (exact) mass is 492 g/mol. The van der Waals surface area contributed by atoms with Gasteiger partial charge in [0.05, 0.1) is 23.1 Å². The number of anilines is 3. The first-order chi connectivity index (χ1) is 17.3. The number of aromatic nitrogens is 1. The summed E-state index contributed by atoms with van der Waals surface area (Å²) < 4.78 is 45.2. The van der Waals surface area contributed by atoms with Gasteiger partial charge in [-0.2, -0.15) is 13.2 Å². The van der Waals surface area contributed by atoms with Gasteiger partial charge < -0.3 is 14.6 Å². The maximum atomic E-state index is 13.4. The minimum Gasteiger partial charge on any atom is -0.444 e. The highest BCUT2D eigenvalue weighted by Gasteiger charge is 2.31. The molecule has 4 aromatic rings. The maximum absolute atomic E-state index is 13.4. The number of halogens is 3. The summed E-state index contributed by atoms with van der Waals surface area (Å²) >= 11 is 0. The summed E-state index contributed by atoms with van der Waals surface area (Å²) in [5.41, 5.74) is 3.13. The number of carbonyl (C=O) groups is 1. The van der Waals surface area contributed by atoms with Crippen molar-refractivity contribution in [1.82, 2.24) is 4.98 Å². The SMILES string of the molecule is CN1CCCN(C(=O)Nc2cccc(-c3cnco3)c2)c2cc(-c3cccc(C(F)(F)F)c3)ccc21. The van der Waals surface area contributed by atoms with E-state index in [9.17, 15) is 18.0 Å². The molecule has 2 amide bonds. The van der Waals surface area contributed by atoms with Gasteiger partial charge in [0.2, 0.25) is 0 Å². The zero-order valence-corrected chi connectivity index (χ0v) is 19.4. The number of carbonyl (C=O) groups excluding carboxylic acids is 1. The quantitative estimate of drug-likeness (QED) is 0.338. The molecule has 0 radical (unpaired) electrons. The Morgan fingerprint density at radius 1 is 0.944 bits per heavy atom. The van der Waals surface area contributed by atoms with Gasteiger partial charge in [-0.1, -0.05) is 30.3 Å². The Labute approximate surface area is 206 Å². The first kappa shape index (κ1) is 23.5. The zero-order valence-electron chi connectivity index (χ0n) is 19.4. The number of alkyl halides is 3. The van der Waals surface area contributed by atoms with Gasteiger partial charge in [-0.05, 0) is 53.9 Å². The molecule has 2 heterocycles. The molecule has 0 saturated heterocycles. The molecule has 0 spiro atoms. The van der Waals surface area contributed by atoms with E-state index >= 15 is 0 Å². The molecule has 0 saturated carbocycles. The van der Waals surface area contributed by atoms with E-state index in [0.717, 1.165) is 36.3 Å². The van der Waals surface area contributed by atoms with Crippen LogP contribution in [0.5, 0.6) is 0 Å². The molecule has 5 rings (SSSR count). The van der Waals surface area contributed by atoms with E-state index in [1.807, 2.05) is 30.1 Å². The predicted octanol–water partition coefficient (Wildman–Crippen LogP) is 6.91. The smallest absolute Gasteiger partial charge is 0.416 e. The fourth-order valence-electron chi connectivity index (χ4n) is 4.33. The van der Waals surface area contributed by atoms with Crippen molar-refractivity contribution in [2.75, 3.05) is 35.3 Å². The fourth-order valence-corrected chi connectivity index (χ4v) is 4.33. The Balaban J connectivity index is 1.48. The van der Waals surface area contributed by atoms with Crippen LogP contribution in [0, 0.1) is 0 Å². The third-order valence-electron chi connectivity index (χ3n) is 6.15. The Morgan fingerprint density at radius 2 is 1.72 bits per heavy atom. The minimum absolute atomic E-state index is 0.331. The largest absolute Gasteiger partial charge is 0.444 e. The van der Waals surface area contributed by atoms with Crippen LogP contribution in [0.15, 0.2) is 83.7 Å². The third-order valence-corrected chi connectivity index (χ3v) is 6.15. The van der Waals surface area contributed by atoms with Crippen molar-refractivity contribution in [3.63, 3.8) is 0 Å². The van der Waals surface area contributed by atoms with E-state index in [4.69, 9.17) is 4.42 Å². The maximum Gasteiger partial charge on any atom is 0.416 e. The van der Waals surface area contributed by atoms with Crippen molar-refractivity contribution in [3.05, 3.63) is 84.9 Å². The van der Waals surface area contributed by atoms with Gasteiger partial charge in [0, 0.05) is 31.4 Å². The minimum atomic E-state index is -4.44. The van der Waals surface area contributed by atoms with Gasteiger partial charge in [0.25, 0.3) is 0 Å². The number of nitrogens with zero attached hydrogens (tertiary/aromatic N) is 3. The second-order valence-electron chi connectivity index (χ2n) is 8.59. The van der Waals surface area contributed by atoms with Crippen LogP contribution in [-0.4, -0.2) is 31.2 Å². The molecule has 184 valence electrons. The molecule has 0 fully saturated rings. The third kappa shape index (κ3) is 4.77. The van der Waals surface area contributed by atoms with Crippen LogP contribution in [0.2, 0.25) is 0 Å². The number of benzene rings is 3. The highest BCUT2D eigenvalue weighted by molar-refractivity contribution is 6.04. The van der Waals surface area contributed by atoms with Crippen LogP contribution in [-0.2, 0) is 6.18 Å². The molecule has 0 atom stereocenters. The Kier molecular flexibility index (Phi) is 6.13. The lowest BCUT2D eigenvalue weighted by molar-refractivity contribution is -0.137. The molecule has 1 aliphatic heterocycles. The number of nitrogens with one attached hydrogen (secondary N) is 1. The highest BCUT2D eigenvalue weighted by atomic mass is 19.4. The highest BCUT2D eigenvalue weighted by Crippen LogP contribution is 2.38. The summed E-state index contributed by atoms with van der Waals surface area (Å²) in [6.07, 6.45) is -0.770. The molecular formula is C27H23F3N4O2. The standard InChI is InChI=1S/C27H23F3N4O2/c1-33-11-4-12-34(26(35)32-22-8-3-6-20(14-22)25-16-31-17-36-25)24-15-19(9-10-23(24)33)18-5-2-7-21(13-18)27(28,29)30/h2-3,5-10,13-17H,4,11-12H2,1H3,(H,32,35). The van der Waals surface area contributed by atoms with Gasteiger partial charge >= 0.3 is 12.2 Å². The van der Waals surface area contributed by atoms with E-state index in [-0.39, 0.29) is 6.03 Å². The van der Waals surface area contributed by atoms with Crippen molar-refractivity contribution in [2.24, 2.45) is 0 Å². The number of amides is 2. The first-order valence-electron chi connectivity index (χ1n) is 11.4. The van der Waals surface area contributed by atoms with Crippen LogP contribution in [0.4, 0.5) is 35.0 Å². The van der Waals surface area contributed by atoms with Crippen LogP contribution in [0.3, 0.4) is 0 Å². The summed E-state index contributed by atoms with van der Waals surface area (Å²) in [4.78, 5) is 21.0. The molecule has 1 aliphatic rings. The lowest BCUT2D eigenvalue weighted by Crippen LogP contribution is -2.35. The summed E-state index contributed by atoms with van der Waals surface area (Å²) in [5.74, 6) is 0.582. The van der Waals surface area contributed by atoms with Crippen LogP contribution < -0.4 is 15.1 Å². The van der Waals surface area contributed by atoms with Gasteiger partial charge in [-0.25, -0.2) is 9.78 Å². The van der Waals surface area contributed by atoms with E-state index in [1.165, 1.54) is 12.5 Å². The molecule has 0 unspecified atom stereocenters. The molecule has 6 nitrogen and oxygen atoms in total. The number of hydrogen-bond acceptors (Lipinski definition) is 4. The number of oxazole rings is 1. The van der Waals surface area contributed by atoms with E-state index < -0.39 is 11.7 Å². The van der Waals surface area contributed by atoms with Crippen LogP contribution in [0.25, 0.3) is 22.5 Å². The Bertz CT molecular complexity index is 1390. The van der Waals surface area contributed by atoms with Crippen molar-refractivity contribution in [3.8, 4) is 22.5 Å². The van der Waals surface area contributed by atoms with E-state index in [1.54, 1.807) is 41.4 Å². The van der Waals surface area contributed by atoms with Crippen molar-refractivity contribution in [2.45, 2.75) is 12.6 Å². The average Bonchev–Trinajstić information content (AvgIpc) is 3.35. The van der Waals surface area contributed by atoms with Crippen molar-refractivity contribution < 1.29 is 22.4 Å². The molecule has 1 N–H and O–H groups in total. The molecule has 36 heavy (non-hydrogen) atoms. The summed E-state index contributed by atoms with van der Waals surface area (Å²) in [5, 5.41) is 2.94.